The summed E-state index contributed by atoms with van der Waals surface area (Å²) < 4.78 is 47.2. The molecule has 0 fully saturated rings. The predicted molar refractivity (Wildman–Crippen MR) is 114 cm³/mol. The minimum absolute atomic E-state index is 0.203. The van der Waals surface area contributed by atoms with Crippen molar-refractivity contribution in [3.8, 4) is 0 Å². The lowest BCUT2D eigenvalue weighted by molar-refractivity contribution is -0.303. The van der Waals surface area contributed by atoms with Crippen LogP contribution in [0.1, 0.15) is 30.0 Å². The molecular formula is C23H24F3N3O3. The van der Waals surface area contributed by atoms with Crippen LogP contribution in [0.25, 0.3) is 0 Å². The molecule has 0 saturated heterocycles. The van der Waals surface area contributed by atoms with E-state index in [1.54, 1.807) is 36.4 Å². The Kier molecular flexibility index (Phi) is 6.88. The number of alkyl halides is 2. The Morgan fingerprint density at radius 2 is 1.84 bits per heavy atom. The minimum atomic E-state index is -3.44. The van der Waals surface area contributed by atoms with Crippen molar-refractivity contribution in [2.24, 2.45) is 5.16 Å². The van der Waals surface area contributed by atoms with Crippen molar-refractivity contribution < 1.29 is 27.5 Å². The lowest BCUT2D eigenvalue weighted by Gasteiger charge is -2.33. The normalized spacial score (nSPS) is 18.0. The average molecular weight is 447 g/mol. The first-order valence-electron chi connectivity index (χ1n) is 9.86. The van der Waals surface area contributed by atoms with Crippen molar-refractivity contribution in [1.29, 1.82) is 0 Å². The van der Waals surface area contributed by atoms with Gasteiger partial charge < -0.3 is 20.2 Å². The molecule has 2 amide bonds. The lowest BCUT2D eigenvalue weighted by Crippen LogP contribution is -2.50. The number of halogens is 3. The average Bonchev–Trinajstić information content (AvgIpc) is 3.24. The molecule has 1 aliphatic heterocycles. The van der Waals surface area contributed by atoms with Gasteiger partial charge in [-0.3, -0.25) is 0 Å². The molecule has 32 heavy (non-hydrogen) atoms. The van der Waals surface area contributed by atoms with Crippen LogP contribution in [0.15, 0.2) is 65.8 Å². The summed E-state index contributed by atoms with van der Waals surface area (Å²) in [5, 5.41) is 9.22. The number of amides is 2. The standard InChI is InChI=1S/C23H24F3N3O3/c1-15(2)23(25,26)22(31-3)12-20(29-32-22)18-6-4-5-17(11-18)14-28-21(30)27-13-16-7-9-19(24)10-8-16/h4-11H,1,12-14H2,2-3H3,(H2,27,28,30). The number of oxime groups is 1. The summed E-state index contributed by atoms with van der Waals surface area (Å²) in [7, 11) is 1.14. The first-order chi connectivity index (χ1) is 15.2. The summed E-state index contributed by atoms with van der Waals surface area (Å²) in [6, 6.07) is 12.4. The van der Waals surface area contributed by atoms with E-state index in [4.69, 9.17) is 9.57 Å². The molecule has 170 valence electrons. The number of carbonyl (C=O) groups excluding carboxylic acids is 1. The zero-order chi connectivity index (χ0) is 23.4. The smallest absolute Gasteiger partial charge is 0.335 e. The molecule has 1 unspecified atom stereocenters. The van der Waals surface area contributed by atoms with Gasteiger partial charge in [-0.2, -0.15) is 8.78 Å². The number of methoxy groups -OCH3 is 1. The van der Waals surface area contributed by atoms with Crippen molar-refractivity contribution >= 4 is 11.7 Å². The number of carbonyl (C=O) groups is 1. The van der Waals surface area contributed by atoms with Crippen LogP contribution in [0, 0.1) is 5.82 Å². The van der Waals surface area contributed by atoms with Crippen LogP contribution in [-0.4, -0.2) is 30.6 Å². The Hall–Kier alpha value is -3.33. The van der Waals surface area contributed by atoms with Crippen LogP contribution in [0.4, 0.5) is 18.0 Å². The number of ether oxygens (including phenoxy) is 1. The number of rotatable bonds is 8. The molecule has 2 aromatic carbocycles. The Balaban J connectivity index is 1.59. The van der Waals surface area contributed by atoms with Crippen molar-refractivity contribution in [2.45, 2.75) is 38.1 Å². The van der Waals surface area contributed by atoms with E-state index in [1.165, 1.54) is 19.1 Å². The number of nitrogens with zero attached hydrogens (tertiary/aromatic N) is 1. The van der Waals surface area contributed by atoms with E-state index in [9.17, 15) is 18.0 Å². The second-order valence-corrected chi connectivity index (χ2v) is 7.48. The van der Waals surface area contributed by atoms with E-state index < -0.39 is 17.7 Å². The third kappa shape index (κ3) is 4.94. The highest BCUT2D eigenvalue weighted by Crippen LogP contribution is 2.44. The van der Waals surface area contributed by atoms with Crippen LogP contribution in [0.3, 0.4) is 0 Å². The summed E-state index contributed by atoms with van der Waals surface area (Å²) in [5.41, 5.74) is 1.99. The summed E-state index contributed by atoms with van der Waals surface area (Å²) in [6.07, 6.45) is -0.265. The second kappa shape index (κ2) is 9.44. The lowest BCUT2D eigenvalue weighted by atomic mass is 9.94. The van der Waals surface area contributed by atoms with Gasteiger partial charge in [-0.25, -0.2) is 9.18 Å². The zero-order valence-electron chi connectivity index (χ0n) is 17.8. The van der Waals surface area contributed by atoms with Crippen LogP contribution in [-0.2, 0) is 22.7 Å². The van der Waals surface area contributed by atoms with Gasteiger partial charge in [0.2, 0.25) is 0 Å². The molecule has 0 aromatic heterocycles. The maximum Gasteiger partial charge on any atom is 0.335 e. The summed E-state index contributed by atoms with van der Waals surface area (Å²) >= 11 is 0. The van der Waals surface area contributed by atoms with Gasteiger partial charge in [-0.05, 0) is 47.4 Å². The molecular weight excluding hydrogens is 423 g/mol. The van der Waals surface area contributed by atoms with Gasteiger partial charge >= 0.3 is 17.7 Å². The van der Waals surface area contributed by atoms with Crippen LogP contribution in [0.2, 0.25) is 0 Å². The van der Waals surface area contributed by atoms with Crippen molar-refractivity contribution in [1.82, 2.24) is 10.6 Å². The summed E-state index contributed by atoms with van der Waals surface area (Å²) in [4.78, 5) is 17.1. The third-order valence-corrected chi connectivity index (χ3v) is 5.13. The molecule has 0 aliphatic carbocycles. The first-order valence-corrected chi connectivity index (χ1v) is 9.86. The maximum absolute atomic E-state index is 14.6. The van der Waals surface area contributed by atoms with Crippen LogP contribution >= 0.6 is 0 Å². The monoisotopic (exact) mass is 447 g/mol. The van der Waals surface area contributed by atoms with E-state index in [-0.39, 0.29) is 30.9 Å². The van der Waals surface area contributed by atoms with Crippen molar-refractivity contribution in [3.05, 3.63) is 83.2 Å². The largest absolute Gasteiger partial charge is 0.352 e. The van der Waals surface area contributed by atoms with E-state index >= 15 is 0 Å². The zero-order valence-corrected chi connectivity index (χ0v) is 17.8. The quantitative estimate of drug-likeness (QED) is 0.585. The van der Waals surface area contributed by atoms with E-state index in [0.29, 0.717) is 11.3 Å². The van der Waals surface area contributed by atoms with Gasteiger partial charge in [0, 0.05) is 20.2 Å². The fourth-order valence-corrected chi connectivity index (χ4v) is 3.19. The van der Waals surface area contributed by atoms with Gasteiger partial charge in [0.25, 0.3) is 0 Å². The SMILES string of the molecule is C=C(C)C(F)(F)C1(OC)CC(c2cccc(CNC(=O)NCc3ccc(F)cc3)c2)=NO1. The van der Waals surface area contributed by atoms with Gasteiger partial charge in [-0.15, -0.1) is 0 Å². The molecule has 2 aromatic rings. The Morgan fingerprint density at radius 3 is 2.47 bits per heavy atom. The molecule has 0 radical (unpaired) electrons. The maximum atomic E-state index is 14.6. The number of benzene rings is 2. The Labute approximate surface area is 184 Å². The fourth-order valence-electron chi connectivity index (χ4n) is 3.19. The molecule has 2 N–H and O–H groups in total. The van der Waals surface area contributed by atoms with Crippen LogP contribution < -0.4 is 10.6 Å². The second-order valence-electron chi connectivity index (χ2n) is 7.48. The molecule has 1 heterocycles. The number of nitrogens with one attached hydrogen (secondary N) is 2. The molecule has 6 nitrogen and oxygen atoms in total. The fraction of sp³-hybridized carbons (Fsp3) is 0.304. The first kappa shape index (κ1) is 23.3. The number of hydrogen-bond acceptors (Lipinski definition) is 4. The van der Waals surface area contributed by atoms with E-state index in [1.807, 2.05) is 0 Å². The van der Waals surface area contributed by atoms with E-state index in [0.717, 1.165) is 18.2 Å². The van der Waals surface area contributed by atoms with Crippen molar-refractivity contribution in [2.75, 3.05) is 7.11 Å². The highest BCUT2D eigenvalue weighted by molar-refractivity contribution is 6.01. The predicted octanol–water partition coefficient (Wildman–Crippen LogP) is 4.50. The topological polar surface area (TPSA) is 72.0 Å². The molecule has 1 aliphatic rings. The Bertz CT molecular complexity index is 1020. The van der Waals surface area contributed by atoms with Crippen LogP contribution in [0.5, 0.6) is 0 Å². The third-order valence-electron chi connectivity index (χ3n) is 5.13. The minimum Gasteiger partial charge on any atom is -0.352 e. The molecule has 1 atom stereocenters. The molecule has 3 rings (SSSR count). The highest BCUT2D eigenvalue weighted by atomic mass is 19.3. The van der Waals surface area contributed by atoms with Gasteiger partial charge in [0.05, 0.1) is 12.1 Å². The molecule has 9 heteroatoms. The molecule has 0 bridgehead atoms. The van der Waals surface area contributed by atoms with Crippen molar-refractivity contribution in [3.63, 3.8) is 0 Å². The van der Waals surface area contributed by atoms with Gasteiger partial charge in [-0.1, -0.05) is 42.1 Å². The molecule has 0 saturated carbocycles. The number of urea groups is 1. The van der Waals surface area contributed by atoms with E-state index in [2.05, 4.69) is 22.4 Å². The number of hydrogen-bond donors (Lipinski definition) is 2. The highest BCUT2D eigenvalue weighted by Gasteiger charge is 2.61. The Morgan fingerprint density at radius 1 is 1.19 bits per heavy atom. The van der Waals surface area contributed by atoms with Gasteiger partial charge in [0.15, 0.2) is 0 Å². The van der Waals surface area contributed by atoms with Gasteiger partial charge in [0.1, 0.15) is 5.82 Å². The summed E-state index contributed by atoms with van der Waals surface area (Å²) in [5.74, 6) is -6.03. The summed E-state index contributed by atoms with van der Waals surface area (Å²) in [6.45, 7) is 4.98. The molecule has 0 spiro atoms.